The van der Waals surface area contributed by atoms with E-state index < -0.39 is 15.9 Å². The number of aryl methyl sites for hydroxylation is 3. The highest BCUT2D eigenvalue weighted by atomic mass is 32.2. The smallest absolute Gasteiger partial charge is 0.300 e. The van der Waals surface area contributed by atoms with E-state index in [0.717, 1.165) is 5.56 Å². The van der Waals surface area contributed by atoms with Crippen LogP contribution in [0.3, 0.4) is 0 Å². The van der Waals surface area contributed by atoms with E-state index in [4.69, 9.17) is 4.42 Å². The van der Waals surface area contributed by atoms with Crippen LogP contribution in [0.4, 0.5) is 0 Å². The van der Waals surface area contributed by atoms with Gasteiger partial charge in [0.1, 0.15) is 5.76 Å². The molecule has 0 aliphatic carbocycles. The van der Waals surface area contributed by atoms with Crippen molar-refractivity contribution in [2.24, 2.45) is 0 Å². The number of benzene rings is 1. The third-order valence-corrected chi connectivity index (χ3v) is 4.57. The summed E-state index contributed by atoms with van der Waals surface area (Å²) in [5.74, 6) is -0.152. The fraction of sp³-hybridized carbons (Fsp3) is 0.267. The lowest BCUT2D eigenvalue weighted by Crippen LogP contribution is -2.30. The lowest BCUT2D eigenvalue weighted by atomic mass is 10.2. The third-order valence-electron chi connectivity index (χ3n) is 3.09. The van der Waals surface area contributed by atoms with Crippen molar-refractivity contribution >= 4 is 15.9 Å². The zero-order chi connectivity index (χ0) is 15.6. The molecule has 0 saturated heterocycles. The molecule has 0 bridgehead atoms. The van der Waals surface area contributed by atoms with E-state index >= 15 is 0 Å². The van der Waals surface area contributed by atoms with E-state index in [-0.39, 0.29) is 10.7 Å². The van der Waals surface area contributed by atoms with Crippen LogP contribution in [0.2, 0.25) is 0 Å². The minimum absolute atomic E-state index is 0.0132. The van der Waals surface area contributed by atoms with Crippen LogP contribution >= 0.6 is 0 Å². The number of hydrogen-bond acceptors (Lipinski definition) is 4. The van der Waals surface area contributed by atoms with E-state index in [1.807, 2.05) is 17.7 Å². The second-order valence-corrected chi connectivity index (χ2v) is 6.47. The average Bonchev–Trinajstić information content (AvgIpc) is 2.90. The number of rotatable bonds is 4. The highest BCUT2D eigenvalue weighted by molar-refractivity contribution is 7.90. The number of carbonyl (C=O) groups is 1. The first-order valence-electron chi connectivity index (χ1n) is 6.56. The molecule has 21 heavy (non-hydrogen) atoms. The third kappa shape index (κ3) is 3.33. The molecule has 6 heteroatoms. The van der Waals surface area contributed by atoms with Gasteiger partial charge in [-0.15, -0.1) is 0 Å². The predicted molar refractivity (Wildman–Crippen MR) is 78.7 cm³/mol. The molecule has 0 aliphatic heterocycles. The molecule has 0 atom stereocenters. The summed E-state index contributed by atoms with van der Waals surface area (Å²) in [6.07, 6.45) is 0.636. The van der Waals surface area contributed by atoms with Crippen molar-refractivity contribution in [2.75, 3.05) is 0 Å². The van der Waals surface area contributed by atoms with Gasteiger partial charge in [0, 0.05) is 6.42 Å². The van der Waals surface area contributed by atoms with Crippen molar-refractivity contribution in [1.82, 2.24) is 4.72 Å². The summed E-state index contributed by atoms with van der Waals surface area (Å²) in [6, 6.07) is 8.17. The van der Waals surface area contributed by atoms with E-state index in [9.17, 15) is 13.2 Å². The highest BCUT2D eigenvalue weighted by Crippen LogP contribution is 2.17. The number of sulfonamides is 1. The van der Waals surface area contributed by atoms with Crippen molar-refractivity contribution in [3.63, 3.8) is 0 Å². The molecule has 1 aromatic carbocycles. The second kappa shape index (κ2) is 5.73. The van der Waals surface area contributed by atoms with Gasteiger partial charge in [-0.3, -0.25) is 4.79 Å². The molecule has 0 fully saturated rings. The SMILES string of the molecule is CCc1ccc(C(=O)NS(=O)(=O)c2cc(C)ccc2C)o1. The number of nitrogens with one attached hydrogen (secondary N) is 1. The van der Waals surface area contributed by atoms with Gasteiger partial charge in [0.15, 0.2) is 5.76 Å². The molecule has 0 radical (unpaired) electrons. The number of furan rings is 1. The van der Waals surface area contributed by atoms with Crippen LogP contribution in [0, 0.1) is 13.8 Å². The zero-order valence-electron chi connectivity index (χ0n) is 12.1. The quantitative estimate of drug-likeness (QED) is 0.942. The number of hydrogen-bond donors (Lipinski definition) is 1. The summed E-state index contributed by atoms with van der Waals surface area (Å²) in [5, 5.41) is 0. The average molecular weight is 307 g/mol. The van der Waals surface area contributed by atoms with Crippen LogP contribution in [0.1, 0.15) is 34.4 Å². The van der Waals surface area contributed by atoms with Crippen LogP contribution in [-0.4, -0.2) is 14.3 Å². The number of amides is 1. The molecule has 0 spiro atoms. The predicted octanol–water partition coefficient (Wildman–Crippen LogP) is 2.58. The summed E-state index contributed by atoms with van der Waals surface area (Å²) < 4.78 is 31.9. The molecule has 0 aliphatic rings. The summed E-state index contributed by atoms with van der Waals surface area (Å²) in [5.41, 5.74) is 1.38. The molecule has 0 saturated carbocycles. The van der Waals surface area contributed by atoms with Gasteiger partial charge < -0.3 is 4.42 Å². The fourth-order valence-corrected chi connectivity index (χ4v) is 3.20. The minimum atomic E-state index is -3.92. The number of carbonyl (C=O) groups excluding carboxylic acids is 1. The molecule has 2 aromatic rings. The van der Waals surface area contributed by atoms with Crippen LogP contribution < -0.4 is 4.72 Å². The summed E-state index contributed by atoms with van der Waals surface area (Å²) >= 11 is 0. The Morgan fingerprint density at radius 1 is 1.19 bits per heavy atom. The Bertz CT molecular complexity index is 775. The first kappa shape index (κ1) is 15.3. The Balaban J connectivity index is 2.28. The Morgan fingerprint density at radius 3 is 2.52 bits per heavy atom. The molecule has 1 N–H and O–H groups in total. The van der Waals surface area contributed by atoms with Crippen molar-refractivity contribution in [3.05, 3.63) is 53.0 Å². The Kier molecular flexibility index (Phi) is 4.18. The molecule has 0 unspecified atom stereocenters. The van der Waals surface area contributed by atoms with E-state index in [2.05, 4.69) is 0 Å². The molecule has 1 amide bonds. The molecular formula is C15H17NO4S. The standard InChI is InChI=1S/C15H17NO4S/c1-4-12-7-8-13(20-12)15(17)16-21(18,19)14-9-10(2)5-6-11(14)3/h5-9H,4H2,1-3H3,(H,16,17). The monoisotopic (exact) mass is 307 g/mol. The van der Waals surface area contributed by atoms with E-state index in [1.54, 1.807) is 26.0 Å². The Labute approximate surface area is 124 Å². The summed E-state index contributed by atoms with van der Waals surface area (Å²) in [7, 11) is -3.92. The van der Waals surface area contributed by atoms with E-state index in [1.165, 1.54) is 12.1 Å². The molecule has 2 rings (SSSR count). The fourth-order valence-electron chi connectivity index (χ4n) is 1.91. The van der Waals surface area contributed by atoms with Crippen LogP contribution in [-0.2, 0) is 16.4 Å². The van der Waals surface area contributed by atoms with Crippen molar-refractivity contribution in [2.45, 2.75) is 32.1 Å². The van der Waals surface area contributed by atoms with Crippen molar-refractivity contribution < 1.29 is 17.6 Å². The topological polar surface area (TPSA) is 76.4 Å². The molecule has 1 aromatic heterocycles. The maximum atomic E-state index is 12.3. The van der Waals surface area contributed by atoms with Gasteiger partial charge in [0.05, 0.1) is 4.90 Å². The molecule has 5 nitrogen and oxygen atoms in total. The van der Waals surface area contributed by atoms with Gasteiger partial charge in [0.25, 0.3) is 10.0 Å². The molecule has 112 valence electrons. The Morgan fingerprint density at radius 2 is 1.90 bits per heavy atom. The zero-order valence-corrected chi connectivity index (χ0v) is 13.0. The van der Waals surface area contributed by atoms with Crippen LogP contribution in [0.25, 0.3) is 0 Å². The maximum Gasteiger partial charge on any atom is 0.300 e. The van der Waals surface area contributed by atoms with Crippen LogP contribution in [0.15, 0.2) is 39.6 Å². The van der Waals surface area contributed by atoms with Gasteiger partial charge in [0.2, 0.25) is 0 Å². The lowest BCUT2D eigenvalue weighted by molar-refractivity contribution is 0.0953. The summed E-state index contributed by atoms with van der Waals surface area (Å²) in [6.45, 7) is 5.36. The second-order valence-electron chi connectivity index (χ2n) is 4.82. The first-order valence-corrected chi connectivity index (χ1v) is 8.05. The highest BCUT2D eigenvalue weighted by Gasteiger charge is 2.22. The van der Waals surface area contributed by atoms with Gasteiger partial charge in [-0.25, -0.2) is 13.1 Å². The van der Waals surface area contributed by atoms with Gasteiger partial charge in [-0.2, -0.15) is 0 Å². The largest absolute Gasteiger partial charge is 0.456 e. The van der Waals surface area contributed by atoms with Gasteiger partial charge >= 0.3 is 5.91 Å². The Hall–Kier alpha value is -2.08. The van der Waals surface area contributed by atoms with E-state index in [0.29, 0.717) is 17.7 Å². The molecule has 1 heterocycles. The van der Waals surface area contributed by atoms with Crippen LogP contribution in [0.5, 0.6) is 0 Å². The lowest BCUT2D eigenvalue weighted by Gasteiger charge is -2.09. The van der Waals surface area contributed by atoms with Gasteiger partial charge in [-0.05, 0) is 43.2 Å². The summed E-state index contributed by atoms with van der Waals surface area (Å²) in [4.78, 5) is 12.1. The van der Waals surface area contributed by atoms with Crippen molar-refractivity contribution in [3.8, 4) is 0 Å². The minimum Gasteiger partial charge on any atom is -0.456 e. The molecular weight excluding hydrogens is 290 g/mol. The van der Waals surface area contributed by atoms with Gasteiger partial charge in [-0.1, -0.05) is 19.1 Å². The first-order chi connectivity index (χ1) is 9.83. The maximum absolute atomic E-state index is 12.3. The van der Waals surface area contributed by atoms with Crippen molar-refractivity contribution in [1.29, 1.82) is 0 Å². The normalized spacial score (nSPS) is 11.4.